The van der Waals surface area contributed by atoms with Crippen molar-refractivity contribution < 1.29 is 8.42 Å². The lowest BCUT2D eigenvalue weighted by Gasteiger charge is -2.18. The van der Waals surface area contributed by atoms with Crippen LogP contribution >= 0.6 is 11.3 Å². The van der Waals surface area contributed by atoms with Crippen LogP contribution in [-0.2, 0) is 16.4 Å². The van der Waals surface area contributed by atoms with Crippen molar-refractivity contribution in [2.45, 2.75) is 24.3 Å². The molecule has 1 N–H and O–H groups in total. The van der Waals surface area contributed by atoms with E-state index in [1.165, 1.54) is 41.2 Å². The van der Waals surface area contributed by atoms with Gasteiger partial charge in [-0.05, 0) is 53.3 Å². The van der Waals surface area contributed by atoms with Gasteiger partial charge < -0.3 is 0 Å². The van der Waals surface area contributed by atoms with Crippen LogP contribution in [0.25, 0.3) is 0 Å². The van der Waals surface area contributed by atoms with Gasteiger partial charge in [0.15, 0.2) is 0 Å². The van der Waals surface area contributed by atoms with E-state index in [9.17, 15) is 8.42 Å². The monoisotopic (exact) mass is 382 g/mol. The molecule has 1 aromatic heterocycles. The summed E-state index contributed by atoms with van der Waals surface area (Å²) in [4.78, 5) is 1.06. The summed E-state index contributed by atoms with van der Waals surface area (Å²) in [6.07, 6.45) is 0.931. The van der Waals surface area contributed by atoms with Crippen LogP contribution in [0.2, 0.25) is 0 Å². The van der Waals surface area contributed by atoms with Crippen LogP contribution in [0.5, 0.6) is 0 Å². The zero-order valence-corrected chi connectivity index (χ0v) is 15.8. The van der Waals surface area contributed by atoms with Gasteiger partial charge in [-0.2, -0.15) is 9.98 Å². The van der Waals surface area contributed by atoms with Crippen molar-refractivity contribution in [2.75, 3.05) is 0 Å². The molecule has 0 amide bonds. The molecule has 0 radical (unpaired) electrons. The highest BCUT2D eigenvalue weighted by Gasteiger charge is 2.23. The summed E-state index contributed by atoms with van der Waals surface area (Å²) in [5, 5.41) is 10.8. The number of aryl methyl sites for hydroxylation is 1. The maximum atomic E-state index is 12.8. The van der Waals surface area contributed by atoms with Crippen molar-refractivity contribution in [3.05, 3.63) is 87.6 Å². The van der Waals surface area contributed by atoms with Crippen LogP contribution in [0.1, 0.15) is 34.5 Å². The standard InChI is InChI=1S/C20H18N2O2S2/c1-2-15-5-9-17(10-6-15)20(19-4-3-13-25-19)22-26(23,24)18-11-7-16(14-21)8-12-18/h3-13,20,22H,2H2,1H3/t20-/m1/s1. The molecule has 0 aliphatic heterocycles. The fourth-order valence-corrected chi connectivity index (χ4v) is 4.70. The summed E-state index contributed by atoms with van der Waals surface area (Å²) in [5.74, 6) is 0. The van der Waals surface area contributed by atoms with Crippen molar-refractivity contribution in [3.63, 3.8) is 0 Å². The van der Waals surface area contributed by atoms with Crippen molar-refractivity contribution in [3.8, 4) is 6.07 Å². The second kappa shape index (κ2) is 7.83. The zero-order valence-electron chi connectivity index (χ0n) is 14.2. The average Bonchev–Trinajstić information content (AvgIpc) is 3.21. The summed E-state index contributed by atoms with van der Waals surface area (Å²) >= 11 is 1.51. The lowest BCUT2D eigenvalue weighted by molar-refractivity contribution is 0.573. The minimum Gasteiger partial charge on any atom is -0.207 e. The number of rotatable bonds is 6. The van der Waals surface area contributed by atoms with Gasteiger partial charge in [0.05, 0.1) is 22.6 Å². The molecule has 6 heteroatoms. The predicted octanol–water partition coefficient (Wildman–Crippen LogP) is 4.25. The van der Waals surface area contributed by atoms with E-state index in [1.54, 1.807) is 0 Å². The molecule has 0 spiro atoms. The Hall–Kier alpha value is -2.46. The Bertz CT molecular complexity index is 1000. The molecule has 2 aromatic carbocycles. The lowest BCUT2D eigenvalue weighted by atomic mass is 10.0. The first kappa shape index (κ1) is 18.3. The van der Waals surface area contributed by atoms with Gasteiger partial charge >= 0.3 is 0 Å². The number of hydrogen-bond donors (Lipinski definition) is 1. The third kappa shape index (κ3) is 4.02. The Morgan fingerprint density at radius 3 is 2.31 bits per heavy atom. The number of sulfonamides is 1. The van der Waals surface area contributed by atoms with Crippen molar-refractivity contribution >= 4 is 21.4 Å². The number of nitrogens with zero attached hydrogens (tertiary/aromatic N) is 1. The summed E-state index contributed by atoms with van der Waals surface area (Å²) in [6.45, 7) is 2.08. The molecular weight excluding hydrogens is 364 g/mol. The van der Waals surface area contributed by atoms with Crippen LogP contribution in [0.3, 0.4) is 0 Å². The molecule has 132 valence electrons. The first-order chi connectivity index (χ1) is 12.5. The minimum absolute atomic E-state index is 0.142. The van der Waals surface area contributed by atoms with Gasteiger partial charge in [0.1, 0.15) is 0 Å². The highest BCUT2D eigenvalue weighted by molar-refractivity contribution is 7.89. The molecule has 0 unspecified atom stereocenters. The molecule has 3 rings (SSSR count). The van der Waals surface area contributed by atoms with Gasteiger partial charge in [0.2, 0.25) is 10.0 Å². The number of thiophene rings is 1. The number of nitriles is 1. The molecule has 0 fully saturated rings. The van der Waals surface area contributed by atoms with Crippen molar-refractivity contribution in [1.82, 2.24) is 4.72 Å². The average molecular weight is 383 g/mol. The van der Waals surface area contributed by atoms with Gasteiger partial charge in [-0.3, -0.25) is 0 Å². The van der Waals surface area contributed by atoms with Crippen LogP contribution in [0.15, 0.2) is 70.9 Å². The molecule has 1 atom stereocenters. The molecule has 26 heavy (non-hydrogen) atoms. The predicted molar refractivity (Wildman–Crippen MR) is 103 cm³/mol. The Morgan fingerprint density at radius 2 is 1.77 bits per heavy atom. The maximum Gasteiger partial charge on any atom is 0.241 e. The third-order valence-corrected chi connectivity index (χ3v) is 6.49. The number of benzene rings is 2. The second-order valence-corrected chi connectivity index (χ2v) is 8.49. The van der Waals surface area contributed by atoms with Crippen LogP contribution in [-0.4, -0.2) is 8.42 Å². The molecule has 3 aromatic rings. The normalized spacial score (nSPS) is 12.5. The molecular formula is C20H18N2O2S2. The van der Waals surface area contributed by atoms with E-state index in [1.807, 2.05) is 47.8 Å². The highest BCUT2D eigenvalue weighted by Crippen LogP contribution is 2.28. The quantitative estimate of drug-likeness (QED) is 0.693. The Labute approximate surface area is 157 Å². The summed E-state index contributed by atoms with van der Waals surface area (Å²) in [5.41, 5.74) is 2.52. The van der Waals surface area contributed by atoms with E-state index in [0.29, 0.717) is 5.56 Å². The SMILES string of the molecule is CCc1ccc([C@@H](NS(=O)(=O)c2ccc(C#N)cc2)c2cccs2)cc1. The molecule has 0 saturated heterocycles. The first-order valence-electron chi connectivity index (χ1n) is 8.18. The second-order valence-electron chi connectivity index (χ2n) is 5.80. The molecule has 0 aliphatic rings. The molecule has 4 nitrogen and oxygen atoms in total. The van der Waals surface area contributed by atoms with E-state index < -0.39 is 16.1 Å². The molecule has 0 aliphatic carbocycles. The van der Waals surface area contributed by atoms with Crippen molar-refractivity contribution in [1.29, 1.82) is 5.26 Å². The van der Waals surface area contributed by atoms with Gasteiger partial charge in [-0.1, -0.05) is 37.3 Å². The molecule has 0 bridgehead atoms. The third-order valence-electron chi connectivity index (χ3n) is 4.12. The van der Waals surface area contributed by atoms with E-state index in [0.717, 1.165) is 16.9 Å². The highest BCUT2D eigenvalue weighted by atomic mass is 32.2. The van der Waals surface area contributed by atoms with Gasteiger partial charge in [0, 0.05) is 4.88 Å². The Kier molecular flexibility index (Phi) is 5.52. The smallest absolute Gasteiger partial charge is 0.207 e. The minimum atomic E-state index is -3.73. The summed E-state index contributed by atoms with van der Waals surface area (Å²) in [7, 11) is -3.73. The van der Waals surface area contributed by atoms with Gasteiger partial charge in [0.25, 0.3) is 0 Å². The Balaban J connectivity index is 1.95. The zero-order chi connectivity index (χ0) is 18.6. The van der Waals surface area contributed by atoms with E-state index in [4.69, 9.17) is 5.26 Å². The number of nitrogens with one attached hydrogen (secondary N) is 1. The van der Waals surface area contributed by atoms with Crippen LogP contribution < -0.4 is 4.72 Å². The lowest BCUT2D eigenvalue weighted by Crippen LogP contribution is -2.29. The summed E-state index contributed by atoms with van der Waals surface area (Å²) in [6, 6.07) is 19.2. The van der Waals surface area contributed by atoms with E-state index in [-0.39, 0.29) is 4.90 Å². The van der Waals surface area contributed by atoms with Gasteiger partial charge in [-0.15, -0.1) is 11.3 Å². The Morgan fingerprint density at radius 1 is 1.08 bits per heavy atom. The molecule has 0 saturated carbocycles. The first-order valence-corrected chi connectivity index (χ1v) is 10.5. The van der Waals surface area contributed by atoms with E-state index >= 15 is 0 Å². The van der Waals surface area contributed by atoms with Crippen LogP contribution in [0, 0.1) is 11.3 Å². The van der Waals surface area contributed by atoms with Gasteiger partial charge in [-0.25, -0.2) is 8.42 Å². The largest absolute Gasteiger partial charge is 0.241 e. The fraction of sp³-hybridized carbons (Fsp3) is 0.150. The topological polar surface area (TPSA) is 70.0 Å². The summed E-state index contributed by atoms with van der Waals surface area (Å²) < 4.78 is 28.5. The number of hydrogen-bond acceptors (Lipinski definition) is 4. The fourth-order valence-electron chi connectivity index (χ4n) is 2.62. The van der Waals surface area contributed by atoms with Crippen molar-refractivity contribution in [2.24, 2.45) is 0 Å². The molecule has 1 heterocycles. The van der Waals surface area contributed by atoms with E-state index in [2.05, 4.69) is 11.6 Å². The maximum absolute atomic E-state index is 12.8. The van der Waals surface area contributed by atoms with Crippen LogP contribution in [0.4, 0.5) is 0 Å².